The highest BCUT2D eigenvalue weighted by atomic mass is 79.9. The predicted molar refractivity (Wildman–Crippen MR) is 81.7 cm³/mol. The largest absolute Gasteiger partial charge is 0.497 e. The van der Waals surface area contributed by atoms with Crippen molar-refractivity contribution in [3.05, 3.63) is 64.8 Å². The van der Waals surface area contributed by atoms with Crippen molar-refractivity contribution in [3.63, 3.8) is 0 Å². The van der Waals surface area contributed by atoms with Gasteiger partial charge >= 0.3 is 0 Å². The number of rotatable bonds is 3. The van der Waals surface area contributed by atoms with Crippen molar-refractivity contribution in [1.82, 2.24) is 4.57 Å². The monoisotopic (exact) mass is 315 g/mol. The Morgan fingerprint density at radius 3 is 2.84 bits per heavy atom. The molecule has 2 aromatic carbocycles. The molecule has 0 N–H and O–H groups in total. The minimum Gasteiger partial charge on any atom is -0.497 e. The van der Waals surface area contributed by atoms with Crippen LogP contribution in [-0.2, 0) is 6.54 Å². The fourth-order valence-corrected chi connectivity index (χ4v) is 2.66. The van der Waals surface area contributed by atoms with E-state index in [0.717, 1.165) is 16.8 Å². The Morgan fingerprint density at radius 1 is 1.11 bits per heavy atom. The Bertz CT molecular complexity index is 718. The quantitative estimate of drug-likeness (QED) is 0.696. The van der Waals surface area contributed by atoms with E-state index in [-0.39, 0.29) is 0 Å². The van der Waals surface area contributed by atoms with Gasteiger partial charge in [-0.15, -0.1) is 0 Å². The van der Waals surface area contributed by atoms with Crippen molar-refractivity contribution in [2.24, 2.45) is 0 Å². The van der Waals surface area contributed by atoms with E-state index in [1.54, 1.807) is 7.11 Å². The number of ether oxygens (including phenoxy) is 1. The summed E-state index contributed by atoms with van der Waals surface area (Å²) < 4.78 is 8.62. The Balaban J connectivity index is 1.96. The second-order valence-electron chi connectivity index (χ2n) is 4.50. The summed E-state index contributed by atoms with van der Waals surface area (Å²) in [7, 11) is 1.70. The van der Waals surface area contributed by atoms with Gasteiger partial charge in [-0.25, -0.2) is 0 Å². The third-order valence-electron chi connectivity index (χ3n) is 3.22. The third-order valence-corrected chi connectivity index (χ3v) is 3.71. The molecule has 0 bridgehead atoms. The SMILES string of the molecule is COc1cccc(Cn2ccc3cc(Br)ccc32)c1. The smallest absolute Gasteiger partial charge is 0.119 e. The van der Waals surface area contributed by atoms with Crippen molar-refractivity contribution in [3.8, 4) is 5.75 Å². The minimum atomic E-state index is 0.850. The van der Waals surface area contributed by atoms with Gasteiger partial charge in [0.2, 0.25) is 0 Å². The molecule has 0 saturated carbocycles. The van der Waals surface area contributed by atoms with E-state index >= 15 is 0 Å². The van der Waals surface area contributed by atoms with Crippen LogP contribution < -0.4 is 4.74 Å². The first-order valence-electron chi connectivity index (χ1n) is 6.13. The standard InChI is InChI=1S/C16H14BrNO/c1-19-15-4-2-3-12(9-15)11-18-8-7-13-10-14(17)5-6-16(13)18/h2-10H,11H2,1H3. The van der Waals surface area contributed by atoms with Crippen molar-refractivity contribution < 1.29 is 4.74 Å². The van der Waals surface area contributed by atoms with Gasteiger partial charge in [-0.05, 0) is 42.0 Å². The van der Waals surface area contributed by atoms with Crippen molar-refractivity contribution >= 4 is 26.8 Å². The number of hydrogen-bond acceptors (Lipinski definition) is 1. The highest BCUT2D eigenvalue weighted by Crippen LogP contribution is 2.22. The van der Waals surface area contributed by atoms with E-state index in [9.17, 15) is 0 Å². The fraction of sp³-hybridized carbons (Fsp3) is 0.125. The summed E-state index contributed by atoms with van der Waals surface area (Å²) >= 11 is 3.50. The van der Waals surface area contributed by atoms with Crippen LogP contribution in [0.1, 0.15) is 5.56 Å². The normalized spacial score (nSPS) is 10.8. The van der Waals surface area contributed by atoms with Crippen molar-refractivity contribution in [2.75, 3.05) is 7.11 Å². The van der Waals surface area contributed by atoms with Crippen LogP contribution in [0.25, 0.3) is 10.9 Å². The zero-order chi connectivity index (χ0) is 13.2. The van der Waals surface area contributed by atoms with Gasteiger partial charge in [0.05, 0.1) is 7.11 Å². The molecule has 0 aliphatic rings. The number of fused-ring (bicyclic) bond motifs is 1. The first-order chi connectivity index (χ1) is 9.26. The Kier molecular flexibility index (Phi) is 3.30. The molecule has 2 nitrogen and oxygen atoms in total. The summed E-state index contributed by atoms with van der Waals surface area (Å²) in [6.45, 7) is 0.850. The van der Waals surface area contributed by atoms with Gasteiger partial charge in [0.1, 0.15) is 5.75 Å². The summed E-state index contributed by atoms with van der Waals surface area (Å²) in [5.41, 5.74) is 2.48. The molecule has 0 aliphatic carbocycles. The molecule has 3 rings (SSSR count). The number of hydrogen-bond donors (Lipinski definition) is 0. The zero-order valence-corrected chi connectivity index (χ0v) is 12.2. The minimum absolute atomic E-state index is 0.850. The van der Waals surface area contributed by atoms with Gasteiger partial charge in [0.15, 0.2) is 0 Å². The number of aromatic nitrogens is 1. The van der Waals surface area contributed by atoms with E-state index in [2.05, 4.69) is 63.1 Å². The predicted octanol–water partition coefficient (Wildman–Crippen LogP) is 4.46. The van der Waals surface area contributed by atoms with Crippen molar-refractivity contribution in [1.29, 1.82) is 0 Å². The Labute approximate surface area is 120 Å². The zero-order valence-electron chi connectivity index (χ0n) is 10.6. The van der Waals surface area contributed by atoms with E-state index in [4.69, 9.17) is 4.74 Å². The lowest BCUT2D eigenvalue weighted by Crippen LogP contribution is -1.98. The van der Waals surface area contributed by atoms with Crippen LogP contribution in [0.5, 0.6) is 5.75 Å². The summed E-state index contributed by atoms with van der Waals surface area (Å²) in [5, 5.41) is 1.25. The molecule has 3 heteroatoms. The molecule has 1 aromatic heterocycles. The average Bonchev–Trinajstić information content (AvgIpc) is 2.81. The van der Waals surface area contributed by atoms with E-state index < -0.39 is 0 Å². The lowest BCUT2D eigenvalue weighted by Gasteiger charge is -2.07. The van der Waals surface area contributed by atoms with Gasteiger partial charge in [-0.3, -0.25) is 0 Å². The molecular weight excluding hydrogens is 302 g/mol. The molecule has 19 heavy (non-hydrogen) atoms. The lowest BCUT2D eigenvalue weighted by atomic mass is 10.2. The molecule has 0 fully saturated rings. The molecule has 0 saturated heterocycles. The Morgan fingerprint density at radius 2 is 2.00 bits per heavy atom. The fourth-order valence-electron chi connectivity index (χ4n) is 2.28. The number of halogens is 1. The maximum Gasteiger partial charge on any atom is 0.119 e. The molecule has 0 aliphatic heterocycles. The number of methoxy groups -OCH3 is 1. The van der Waals surface area contributed by atoms with Crippen LogP contribution in [0.15, 0.2) is 59.2 Å². The van der Waals surface area contributed by atoms with Gasteiger partial charge in [0, 0.05) is 28.1 Å². The lowest BCUT2D eigenvalue weighted by molar-refractivity contribution is 0.414. The molecule has 1 heterocycles. The Hall–Kier alpha value is -1.74. The van der Waals surface area contributed by atoms with Gasteiger partial charge in [-0.2, -0.15) is 0 Å². The summed E-state index contributed by atoms with van der Waals surface area (Å²) in [5.74, 6) is 0.900. The first kappa shape index (κ1) is 12.3. The van der Waals surface area contributed by atoms with Crippen LogP contribution in [0.3, 0.4) is 0 Å². The molecule has 96 valence electrons. The highest BCUT2D eigenvalue weighted by molar-refractivity contribution is 9.10. The summed E-state index contributed by atoms with van der Waals surface area (Å²) in [6.07, 6.45) is 2.12. The molecule has 0 spiro atoms. The third kappa shape index (κ3) is 2.51. The topological polar surface area (TPSA) is 14.2 Å². The highest BCUT2D eigenvalue weighted by Gasteiger charge is 2.03. The van der Waals surface area contributed by atoms with Crippen molar-refractivity contribution in [2.45, 2.75) is 6.54 Å². The van der Waals surface area contributed by atoms with E-state index in [1.165, 1.54) is 16.5 Å². The molecule has 0 unspecified atom stereocenters. The number of nitrogens with zero attached hydrogens (tertiary/aromatic N) is 1. The maximum atomic E-state index is 5.26. The molecule has 0 radical (unpaired) electrons. The summed E-state index contributed by atoms with van der Waals surface area (Å²) in [6, 6.07) is 16.7. The van der Waals surface area contributed by atoms with Gasteiger partial charge in [-0.1, -0.05) is 28.1 Å². The average molecular weight is 316 g/mol. The maximum absolute atomic E-state index is 5.26. The van der Waals surface area contributed by atoms with Crippen LogP contribution >= 0.6 is 15.9 Å². The molecule has 0 amide bonds. The van der Waals surface area contributed by atoms with Crippen LogP contribution in [-0.4, -0.2) is 11.7 Å². The second-order valence-corrected chi connectivity index (χ2v) is 5.41. The van der Waals surface area contributed by atoms with E-state index in [0.29, 0.717) is 0 Å². The second kappa shape index (κ2) is 5.10. The van der Waals surface area contributed by atoms with E-state index in [1.807, 2.05) is 12.1 Å². The van der Waals surface area contributed by atoms with Crippen LogP contribution in [0, 0.1) is 0 Å². The van der Waals surface area contributed by atoms with Gasteiger partial charge < -0.3 is 9.30 Å². The van der Waals surface area contributed by atoms with Crippen LogP contribution in [0.2, 0.25) is 0 Å². The molecule has 3 aromatic rings. The number of benzene rings is 2. The first-order valence-corrected chi connectivity index (χ1v) is 6.93. The summed E-state index contributed by atoms with van der Waals surface area (Å²) in [4.78, 5) is 0. The molecular formula is C16H14BrNO. The molecule has 0 atom stereocenters. The van der Waals surface area contributed by atoms with Gasteiger partial charge in [0.25, 0.3) is 0 Å². The van der Waals surface area contributed by atoms with Crippen LogP contribution in [0.4, 0.5) is 0 Å².